The number of nitrogens with one attached hydrogen (secondary N) is 1. The fourth-order valence-electron chi connectivity index (χ4n) is 3.26. The normalized spacial score (nSPS) is 24.2. The predicted octanol–water partition coefficient (Wildman–Crippen LogP) is 2.41. The van der Waals surface area contributed by atoms with Gasteiger partial charge in [0.15, 0.2) is 5.78 Å². The van der Waals surface area contributed by atoms with Crippen molar-refractivity contribution in [1.82, 2.24) is 5.32 Å². The molecular weight excluding hydrogens is 245 g/mol. The number of rotatable bonds is 3. The molecule has 1 aliphatic carbocycles. The number of carbonyl (C=O) groups is 1. The van der Waals surface area contributed by atoms with E-state index in [1.165, 1.54) is 25.3 Å². The van der Waals surface area contributed by atoms with Gasteiger partial charge >= 0.3 is 0 Å². The van der Waals surface area contributed by atoms with E-state index in [9.17, 15) is 9.18 Å². The van der Waals surface area contributed by atoms with E-state index in [1.807, 2.05) is 0 Å². The van der Waals surface area contributed by atoms with Crippen molar-refractivity contribution in [3.05, 3.63) is 29.6 Å². The smallest absolute Gasteiger partial charge is 0.170 e. The Hall–Kier alpha value is -1.42. The van der Waals surface area contributed by atoms with Gasteiger partial charge in [-0.2, -0.15) is 0 Å². The molecule has 1 saturated carbocycles. The number of ketones is 1. The summed E-state index contributed by atoms with van der Waals surface area (Å²) in [6.45, 7) is 1.95. The van der Waals surface area contributed by atoms with Crippen LogP contribution in [0.4, 0.5) is 4.39 Å². The van der Waals surface area contributed by atoms with Gasteiger partial charge in [-0.05, 0) is 56.0 Å². The number of carbonyl (C=O) groups excluding carboxylic acids is 1. The van der Waals surface area contributed by atoms with Gasteiger partial charge < -0.3 is 10.1 Å². The fourth-order valence-corrected chi connectivity index (χ4v) is 3.26. The molecule has 1 saturated heterocycles. The lowest BCUT2D eigenvalue weighted by Gasteiger charge is -2.23. The number of piperidine rings is 1. The highest BCUT2D eigenvalue weighted by atomic mass is 19.1. The molecule has 1 aromatic carbocycles. The van der Waals surface area contributed by atoms with Gasteiger partial charge in [0.2, 0.25) is 0 Å². The number of ether oxygens (including phenoxy) is 1. The average molecular weight is 263 g/mol. The lowest BCUT2D eigenvalue weighted by Crippen LogP contribution is -2.30. The van der Waals surface area contributed by atoms with Crippen LogP contribution in [0.15, 0.2) is 18.2 Å². The lowest BCUT2D eigenvalue weighted by atomic mass is 9.89. The van der Waals surface area contributed by atoms with E-state index in [-0.39, 0.29) is 22.9 Å². The molecule has 1 spiro atoms. The van der Waals surface area contributed by atoms with Crippen LogP contribution in [-0.2, 0) is 0 Å². The van der Waals surface area contributed by atoms with Crippen LogP contribution in [0.5, 0.6) is 5.75 Å². The van der Waals surface area contributed by atoms with E-state index in [1.54, 1.807) is 0 Å². The van der Waals surface area contributed by atoms with Crippen LogP contribution in [0, 0.1) is 17.2 Å². The zero-order valence-electron chi connectivity index (χ0n) is 11.0. The molecule has 1 aliphatic heterocycles. The standard InChI is InChI=1S/C15H18FNO2/c1-19-13-3-2-10(16)8-11(13)14(18)12-9-15(12)4-6-17-7-5-15/h2-3,8,12,17H,4-7,9H2,1H3. The second-order valence-electron chi connectivity index (χ2n) is 5.58. The molecule has 0 bridgehead atoms. The summed E-state index contributed by atoms with van der Waals surface area (Å²) in [4.78, 5) is 12.5. The summed E-state index contributed by atoms with van der Waals surface area (Å²) in [5.74, 6) is 0.176. The third-order valence-corrected chi connectivity index (χ3v) is 4.53. The van der Waals surface area contributed by atoms with Crippen LogP contribution in [0.25, 0.3) is 0 Å². The van der Waals surface area contributed by atoms with E-state index in [4.69, 9.17) is 4.74 Å². The zero-order chi connectivity index (χ0) is 13.5. The van der Waals surface area contributed by atoms with Crippen LogP contribution in [0.3, 0.4) is 0 Å². The molecule has 4 heteroatoms. The summed E-state index contributed by atoms with van der Waals surface area (Å²) in [7, 11) is 1.51. The molecule has 19 heavy (non-hydrogen) atoms. The Morgan fingerprint density at radius 3 is 2.84 bits per heavy atom. The Kier molecular flexibility index (Phi) is 3.05. The molecule has 102 valence electrons. The minimum absolute atomic E-state index is 0.0400. The Bertz CT molecular complexity index is 509. The Balaban J connectivity index is 1.83. The Labute approximate surface area is 112 Å². The van der Waals surface area contributed by atoms with Crippen LogP contribution < -0.4 is 10.1 Å². The number of Topliss-reactive ketones (excluding diaryl/α,β-unsaturated/α-hetero) is 1. The summed E-state index contributed by atoms with van der Waals surface area (Å²) < 4.78 is 18.5. The van der Waals surface area contributed by atoms with Crippen LogP contribution in [0.1, 0.15) is 29.6 Å². The quantitative estimate of drug-likeness (QED) is 0.851. The molecule has 0 amide bonds. The van der Waals surface area contributed by atoms with E-state index >= 15 is 0 Å². The molecule has 1 N–H and O–H groups in total. The number of hydrogen-bond donors (Lipinski definition) is 1. The predicted molar refractivity (Wildman–Crippen MR) is 69.9 cm³/mol. The fraction of sp³-hybridized carbons (Fsp3) is 0.533. The summed E-state index contributed by atoms with van der Waals surface area (Å²) in [6.07, 6.45) is 3.02. The van der Waals surface area contributed by atoms with Crippen molar-refractivity contribution in [1.29, 1.82) is 0 Å². The maximum Gasteiger partial charge on any atom is 0.170 e. The Morgan fingerprint density at radius 1 is 1.42 bits per heavy atom. The third-order valence-electron chi connectivity index (χ3n) is 4.53. The number of hydrogen-bond acceptors (Lipinski definition) is 3. The first kappa shape index (κ1) is 12.6. The summed E-state index contributed by atoms with van der Waals surface area (Å²) in [5, 5.41) is 3.32. The number of methoxy groups -OCH3 is 1. The van der Waals surface area contributed by atoms with Gasteiger partial charge in [-0.25, -0.2) is 4.39 Å². The van der Waals surface area contributed by atoms with Crippen LogP contribution >= 0.6 is 0 Å². The van der Waals surface area contributed by atoms with Crippen molar-refractivity contribution in [2.45, 2.75) is 19.3 Å². The monoisotopic (exact) mass is 263 g/mol. The van der Waals surface area contributed by atoms with Crippen molar-refractivity contribution >= 4 is 5.78 Å². The largest absolute Gasteiger partial charge is 0.496 e. The minimum atomic E-state index is -0.385. The van der Waals surface area contributed by atoms with E-state index in [2.05, 4.69) is 5.32 Å². The summed E-state index contributed by atoms with van der Waals surface area (Å²) >= 11 is 0. The van der Waals surface area contributed by atoms with Gasteiger partial charge in [0.25, 0.3) is 0 Å². The molecular formula is C15H18FNO2. The molecule has 3 nitrogen and oxygen atoms in total. The van der Waals surface area contributed by atoms with Gasteiger partial charge in [-0.1, -0.05) is 0 Å². The molecule has 0 aromatic heterocycles. The lowest BCUT2D eigenvalue weighted by molar-refractivity contribution is 0.0937. The van der Waals surface area contributed by atoms with Crippen molar-refractivity contribution in [3.8, 4) is 5.75 Å². The number of halogens is 1. The minimum Gasteiger partial charge on any atom is -0.496 e. The van der Waals surface area contributed by atoms with Gasteiger partial charge in [0, 0.05) is 5.92 Å². The molecule has 3 rings (SSSR count). The summed E-state index contributed by atoms with van der Waals surface area (Å²) in [5.41, 5.74) is 0.558. The zero-order valence-corrected chi connectivity index (χ0v) is 11.0. The highest BCUT2D eigenvalue weighted by Gasteiger charge is 2.57. The van der Waals surface area contributed by atoms with Gasteiger partial charge in [-0.3, -0.25) is 4.79 Å². The van der Waals surface area contributed by atoms with Crippen LogP contribution in [0.2, 0.25) is 0 Å². The first-order valence-electron chi connectivity index (χ1n) is 6.75. The second-order valence-corrected chi connectivity index (χ2v) is 5.58. The van der Waals surface area contributed by atoms with Gasteiger partial charge in [-0.15, -0.1) is 0 Å². The summed E-state index contributed by atoms with van der Waals surface area (Å²) in [6, 6.07) is 4.15. The number of benzene rings is 1. The van der Waals surface area contributed by atoms with E-state index in [0.29, 0.717) is 11.3 Å². The molecule has 0 radical (unpaired) electrons. The van der Waals surface area contributed by atoms with Crippen LogP contribution in [-0.4, -0.2) is 26.0 Å². The van der Waals surface area contributed by atoms with E-state index in [0.717, 1.165) is 32.4 Å². The SMILES string of the molecule is COc1ccc(F)cc1C(=O)C1CC12CCNCC2. The second kappa shape index (κ2) is 4.60. The molecule has 1 aromatic rings. The van der Waals surface area contributed by atoms with Crippen molar-refractivity contribution in [3.63, 3.8) is 0 Å². The molecule has 2 aliphatic rings. The molecule has 1 atom stereocenters. The average Bonchev–Trinajstić information content (AvgIpc) is 3.12. The van der Waals surface area contributed by atoms with Gasteiger partial charge in [0.05, 0.1) is 12.7 Å². The topological polar surface area (TPSA) is 38.3 Å². The maximum absolute atomic E-state index is 13.3. The first-order chi connectivity index (χ1) is 9.16. The van der Waals surface area contributed by atoms with Crippen molar-refractivity contribution in [2.75, 3.05) is 20.2 Å². The Morgan fingerprint density at radius 2 is 2.16 bits per heavy atom. The van der Waals surface area contributed by atoms with E-state index < -0.39 is 0 Å². The third kappa shape index (κ3) is 2.14. The highest BCUT2D eigenvalue weighted by Crippen LogP contribution is 2.60. The molecule has 1 unspecified atom stereocenters. The first-order valence-corrected chi connectivity index (χ1v) is 6.75. The van der Waals surface area contributed by atoms with Crippen molar-refractivity contribution in [2.24, 2.45) is 11.3 Å². The molecule has 2 fully saturated rings. The molecule has 1 heterocycles. The highest BCUT2D eigenvalue weighted by molar-refractivity contribution is 6.02. The maximum atomic E-state index is 13.3. The van der Waals surface area contributed by atoms with Gasteiger partial charge in [0.1, 0.15) is 11.6 Å². The van der Waals surface area contributed by atoms with Crippen molar-refractivity contribution < 1.29 is 13.9 Å².